The second-order valence-electron chi connectivity index (χ2n) is 10.3. The third-order valence-electron chi connectivity index (χ3n) is 4.90. The van der Waals surface area contributed by atoms with Gasteiger partial charge >= 0.3 is 12.2 Å². The molecule has 2 rings (SSSR count). The lowest BCUT2D eigenvalue weighted by molar-refractivity contribution is -0.134. The summed E-state index contributed by atoms with van der Waals surface area (Å²) in [6, 6.07) is -0.215. The number of carbonyl (C=O) groups excluding carboxylic acids is 3. The fourth-order valence-electron chi connectivity index (χ4n) is 3.78. The Bertz CT molecular complexity index is 770. The third-order valence-corrected chi connectivity index (χ3v) is 4.90. The van der Waals surface area contributed by atoms with Crippen molar-refractivity contribution in [2.45, 2.75) is 78.0 Å². The Balaban J connectivity index is 2.16. The SMILES string of the molecule is CN(C)C(=O)[C@@H]1C[C@H](NC(=O)OC(C)(C)C)CC2=CCC(OC(=O)OC(C)(C)C)=C[C@H]21. The summed E-state index contributed by atoms with van der Waals surface area (Å²) in [7, 11) is 3.42. The number of alkyl carbamates (subject to hydrolysis) is 1. The molecular formula is C23H36N2O6. The number of fused-ring (bicyclic) bond motifs is 1. The lowest BCUT2D eigenvalue weighted by atomic mass is 9.71. The molecule has 0 radical (unpaired) electrons. The highest BCUT2D eigenvalue weighted by atomic mass is 16.7. The number of carbonyl (C=O) groups is 3. The predicted octanol–water partition coefficient (Wildman–Crippen LogP) is 4.16. The first kappa shape index (κ1) is 24.8. The molecule has 0 aliphatic heterocycles. The maximum Gasteiger partial charge on any atom is 0.514 e. The summed E-state index contributed by atoms with van der Waals surface area (Å²) in [5, 5.41) is 2.90. The van der Waals surface area contributed by atoms with E-state index in [2.05, 4.69) is 5.32 Å². The van der Waals surface area contributed by atoms with Crippen LogP contribution in [0.4, 0.5) is 9.59 Å². The van der Waals surface area contributed by atoms with Crippen molar-refractivity contribution >= 4 is 18.2 Å². The smallest absolute Gasteiger partial charge is 0.444 e. The van der Waals surface area contributed by atoms with Gasteiger partial charge in [0.15, 0.2) is 0 Å². The van der Waals surface area contributed by atoms with Gasteiger partial charge < -0.3 is 24.4 Å². The van der Waals surface area contributed by atoms with Gasteiger partial charge in [-0.15, -0.1) is 0 Å². The molecule has 8 heteroatoms. The number of amides is 2. The van der Waals surface area contributed by atoms with Crippen LogP contribution in [0.1, 0.15) is 60.8 Å². The fraction of sp³-hybridized carbons (Fsp3) is 0.696. The van der Waals surface area contributed by atoms with Gasteiger partial charge in [-0.3, -0.25) is 4.79 Å². The lowest BCUT2D eigenvalue weighted by Crippen LogP contribution is -2.47. The van der Waals surface area contributed by atoms with Crippen molar-refractivity contribution in [1.82, 2.24) is 10.2 Å². The summed E-state index contributed by atoms with van der Waals surface area (Å²) in [5.74, 6) is -0.148. The Kier molecular flexibility index (Phi) is 7.44. The summed E-state index contributed by atoms with van der Waals surface area (Å²) in [6.45, 7) is 10.7. The normalized spacial score (nSPS) is 23.5. The van der Waals surface area contributed by atoms with Crippen LogP contribution in [0.5, 0.6) is 0 Å². The first-order chi connectivity index (χ1) is 14.1. The second kappa shape index (κ2) is 9.32. The lowest BCUT2D eigenvalue weighted by Gasteiger charge is -2.39. The van der Waals surface area contributed by atoms with E-state index in [1.807, 2.05) is 32.9 Å². The van der Waals surface area contributed by atoms with E-state index < -0.39 is 23.5 Å². The van der Waals surface area contributed by atoms with Crippen LogP contribution in [0, 0.1) is 11.8 Å². The molecule has 0 bridgehead atoms. The molecule has 8 nitrogen and oxygen atoms in total. The van der Waals surface area contributed by atoms with Gasteiger partial charge in [0.05, 0.1) is 5.92 Å². The zero-order valence-electron chi connectivity index (χ0n) is 19.9. The van der Waals surface area contributed by atoms with Crippen LogP contribution in [0.15, 0.2) is 23.5 Å². The molecule has 0 aromatic rings. The number of hydrogen-bond donors (Lipinski definition) is 1. The van der Waals surface area contributed by atoms with Gasteiger partial charge in [-0.05, 0) is 60.5 Å². The van der Waals surface area contributed by atoms with E-state index in [4.69, 9.17) is 14.2 Å². The molecule has 1 fully saturated rings. The average molecular weight is 437 g/mol. The van der Waals surface area contributed by atoms with Gasteiger partial charge in [-0.2, -0.15) is 0 Å². The average Bonchev–Trinajstić information content (AvgIpc) is 2.57. The van der Waals surface area contributed by atoms with Gasteiger partial charge in [0.25, 0.3) is 0 Å². The molecule has 3 atom stereocenters. The maximum absolute atomic E-state index is 12.9. The molecule has 1 N–H and O–H groups in total. The van der Waals surface area contributed by atoms with E-state index in [9.17, 15) is 14.4 Å². The zero-order chi connectivity index (χ0) is 23.6. The van der Waals surface area contributed by atoms with Crippen molar-refractivity contribution in [3.05, 3.63) is 23.5 Å². The minimum Gasteiger partial charge on any atom is -0.444 e. The third kappa shape index (κ3) is 7.60. The Morgan fingerprint density at radius 1 is 1.03 bits per heavy atom. The van der Waals surface area contributed by atoms with E-state index in [-0.39, 0.29) is 23.8 Å². The van der Waals surface area contributed by atoms with Crippen molar-refractivity contribution in [1.29, 1.82) is 0 Å². The van der Waals surface area contributed by atoms with Crippen LogP contribution in [-0.2, 0) is 19.0 Å². The molecule has 0 aromatic heterocycles. The molecule has 0 spiro atoms. The molecule has 0 heterocycles. The Labute approximate surface area is 185 Å². The number of hydrogen-bond acceptors (Lipinski definition) is 6. The first-order valence-electron chi connectivity index (χ1n) is 10.7. The molecule has 0 saturated heterocycles. The minimum absolute atomic E-state index is 0.0404. The van der Waals surface area contributed by atoms with Gasteiger partial charge in [0.2, 0.25) is 5.91 Å². The highest BCUT2D eigenvalue weighted by Gasteiger charge is 2.40. The Morgan fingerprint density at radius 2 is 1.65 bits per heavy atom. The van der Waals surface area contributed by atoms with Gasteiger partial charge in [0.1, 0.15) is 17.0 Å². The molecule has 2 aliphatic carbocycles. The second-order valence-corrected chi connectivity index (χ2v) is 10.3. The molecule has 174 valence electrons. The van der Waals surface area contributed by atoms with Crippen molar-refractivity contribution in [2.75, 3.05) is 14.1 Å². The van der Waals surface area contributed by atoms with Crippen molar-refractivity contribution in [3.63, 3.8) is 0 Å². The number of nitrogens with one attached hydrogen (secondary N) is 1. The quantitative estimate of drug-likeness (QED) is 0.527. The van der Waals surface area contributed by atoms with Gasteiger partial charge in [-0.25, -0.2) is 9.59 Å². The highest BCUT2D eigenvalue weighted by Crippen LogP contribution is 2.40. The predicted molar refractivity (Wildman–Crippen MR) is 116 cm³/mol. The van der Waals surface area contributed by atoms with Crippen LogP contribution < -0.4 is 5.32 Å². The topological polar surface area (TPSA) is 94.2 Å². The van der Waals surface area contributed by atoms with Gasteiger partial charge in [0, 0.05) is 32.5 Å². The van der Waals surface area contributed by atoms with E-state index in [1.54, 1.807) is 39.8 Å². The first-order valence-corrected chi connectivity index (χ1v) is 10.7. The standard InChI is InChI=1S/C23H36N2O6/c1-22(2,3)30-20(27)24-15-11-14-9-10-16(29-21(28)31-23(4,5)6)13-17(14)18(12-15)19(26)25(7)8/h9,13,15,17-18H,10-12H2,1-8H3,(H,24,27)/t15-,17-,18-/m1/s1. The van der Waals surface area contributed by atoms with E-state index in [0.29, 0.717) is 25.0 Å². The number of rotatable bonds is 3. The van der Waals surface area contributed by atoms with Crippen LogP contribution in [0.25, 0.3) is 0 Å². The summed E-state index contributed by atoms with van der Waals surface area (Å²) in [5.41, 5.74) is -0.202. The molecule has 0 unspecified atom stereocenters. The minimum atomic E-state index is -0.758. The summed E-state index contributed by atoms with van der Waals surface area (Å²) >= 11 is 0. The Hall–Kier alpha value is -2.51. The van der Waals surface area contributed by atoms with Crippen LogP contribution in [0.3, 0.4) is 0 Å². The molecule has 2 aliphatic rings. The van der Waals surface area contributed by atoms with Crippen LogP contribution >= 0.6 is 0 Å². The largest absolute Gasteiger partial charge is 0.514 e. The van der Waals surface area contributed by atoms with Crippen molar-refractivity contribution < 1.29 is 28.6 Å². The zero-order valence-corrected chi connectivity index (χ0v) is 19.9. The van der Waals surface area contributed by atoms with Crippen LogP contribution in [0.2, 0.25) is 0 Å². The summed E-state index contributed by atoms with van der Waals surface area (Å²) in [6.07, 6.45) is 4.07. The molecule has 1 saturated carbocycles. The Morgan fingerprint density at radius 3 is 2.19 bits per heavy atom. The highest BCUT2D eigenvalue weighted by molar-refractivity contribution is 5.80. The number of nitrogens with zero attached hydrogens (tertiary/aromatic N) is 1. The number of allylic oxidation sites excluding steroid dienone is 2. The van der Waals surface area contributed by atoms with E-state index in [0.717, 1.165) is 5.57 Å². The summed E-state index contributed by atoms with van der Waals surface area (Å²) in [4.78, 5) is 38.8. The molecule has 0 aromatic carbocycles. The summed E-state index contributed by atoms with van der Waals surface area (Å²) < 4.78 is 16.0. The van der Waals surface area contributed by atoms with Crippen molar-refractivity contribution in [3.8, 4) is 0 Å². The maximum atomic E-state index is 12.9. The molecule has 31 heavy (non-hydrogen) atoms. The van der Waals surface area contributed by atoms with E-state index >= 15 is 0 Å². The van der Waals surface area contributed by atoms with E-state index in [1.165, 1.54) is 0 Å². The van der Waals surface area contributed by atoms with Crippen LogP contribution in [-0.4, -0.2) is 54.4 Å². The fourth-order valence-corrected chi connectivity index (χ4v) is 3.78. The monoisotopic (exact) mass is 436 g/mol. The number of ether oxygens (including phenoxy) is 3. The molecular weight excluding hydrogens is 400 g/mol. The van der Waals surface area contributed by atoms with Crippen molar-refractivity contribution in [2.24, 2.45) is 11.8 Å². The van der Waals surface area contributed by atoms with Gasteiger partial charge in [-0.1, -0.05) is 11.6 Å². The molecule has 2 amide bonds.